The van der Waals surface area contributed by atoms with E-state index in [9.17, 15) is 24.2 Å². The summed E-state index contributed by atoms with van der Waals surface area (Å²) in [6.07, 6.45) is 45.8. The number of hydrogen-bond acceptors (Lipinski definition) is 8. The molecule has 3 atom stereocenters. The lowest BCUT2D eigenvalue weighted by molar-refractivity contribution is -0.870. The van der Waals surface area contributed by atoms with E-state index in [4.69, 9.17) is 18.5 Å². The van der Waals surface area contributed by atoms with Gasteiger partial charge in [0.25, 0.3) is 0 Å². The average Bonchev–Trinajstić information content (AvgIpc) is 3.18. The number of phosphoric acid groups is 1. The average molecular weight is 851 g/mol. The summed E-state index contributed by atoms with van der Waals surface area (Å²) in [4.78, 5) is 35.4. The third kappa shape index (κ3) is 43.3. The predicted molar refractivity (Wildman–Crippen MR) is 244 cm³/mol. The van der Waals surface area contributed by atoms with E-state index in [1.165, 1.54) is 44.9 Å². The van der Waals surface area contributed by atoms with E-state index in [1.807, 2.05) is 33.3 Å². The van der Waals surface area contributed by atoms with Gasteiger partial charge in [-0.05, 0) is 83.5 Å². The molecule has 0 aromatic heterocycles. The second kappa shape index (κ2) is 39.5. The largest absolute Gasteiger partial charge is 0.472 e. The zero-order valence-corrected chi connectivity index (χ0v) is 38.7. The van der Waals surface area contributed by atoms with Crippen molar-refractivity contribution in [1.29, 1.82) is 0 Å². The normalized spacial score (nSPS) is 14.8. The molecule has 0 heterocycles. The van der Waals surface area contributed by atoms with Gasteiger partial charge in [0.05, 0.1) is 33.9 Å². The van der Waals surface area contributed by atoms with Gasteiger partial charge in [-0.1, -0.05) is 138 Å². The maximum atomic E-state index is 12.7. The molecule has 0 bridgehead atoms. The topological polar surface area (TPSA) is 129 Å². The van der Waals surface area contributed by atoms with Gasteiger partial charge in [-0.25, -0.2) is 4.57 Å². The number of aliphatic hydroxyl groups is 1. The first-order valence-corrected chi connectivity index (χ1v) is 24.2. The van der Waals surface area contributed by atoms with Gasteiger partial charge in [0.2, 0.25) is 0 Å². The van der Waals surface area contributed by atoms with Crippen LogP contribution in [0.25, 0.3) is 0 Å². The molecule has 0 aliphatic carbocycles. The van der Waals surface area contributed by atoms with Crippen molar-refractivity contribution in [3.63, 3.8) is 0 Å². The van der Waals surface area contributed by atoms with Gasteiger partial charge in [0.15, 0.2) is 6.10 Å². The maximum absolute atomic E-state index is 12.7. The van der Waals surface area contributed by atoms with E-state index in [-0.39, 0.29) is 32.2 Å². The van der Waals surface area contributed by atoms with Crippen molar-refractivity contribution >= 4 is 19.8 Å². The van der Waals surface area contributed by atoms with Gasteiger partial charge in [-0.2, -0.15) is 0 Å². The zero-order chi connectivity index (χ0) is 43.7. The highest BCUT2D eigenvalue weighted by Gasteiger charge is 2.27. The summed E-state index contributed by atoms with van der Waals surface area (Å²) < 4.78 is 34.2. The predicted octanol–water partition coefficient (Wildman–Crippen LogP) is 12.0. The van der Waals surface area contributed by atoms with Crippen molar-refractivity contribution in [2.45, 2.75) is 174 Å². The van der Waals surface area contributed by atoms with Crippen LogP contribution in [0, 0.1) is 0 Å². The molecule has 0 saturated heterocycles. The van der Waals surface area contributed by atoms with Crippen LogP contribution in [0.4, 0.5) is 0 Å². The number of allylic oxidation sites excluding steroid dienone is 11. The van der Waals surface area contributed by atoms with Gasteiger partial charge in [-0.15, -0.1) is 0 Å². The minimum absolute atomic E-state index is 0.0118. The third-order valence-corrected chi connectivity index (χ3v) is 10.2. The molecule has 10 nitrogen and oxygen atoms in total. The van der Waals surface area contributed by atoms with Crippen LogP contribution >= 0.6 is 7.82 Å². The van der Waals surface area contributed by atoms with Crippen molar-refractivity contribution in [2.75, 3.05) is 47.5 Å². The molecular formula is C48H85NO9P+. The number of rotatable bonds is 40. The number of nitrogens with zero attached hydrogens (tertiary/aromatic N) is 1. The van der Waals surface area contributed by atoms with Gasteiger partial charge in [0.1, 0.15) is 19.8 Å². The van der Waals surface area contributed by atoms with Crippen LogP contribution in [0.15, 0.2) is 72.9 Å². The van der Waals surface area contributed by atoms with Gasteiger partial charge < -0.3 is 24.0 Å². The number of unbranched alkanes of at least 4 members (excludes halogenated alkanes) is 11. The van der Waals surface area contributed by atoms with Crippen molar-refractivity contribution in [3.8, 4) is 0 Å². The van der Waals surface area contributed by atoms with Gasteiger partial charge in [-0.3, -0.25) is 18.6 Å². The highest BCUT2D eigenvalue weighted by atomic mass is 31.2. The molecular weight excluding hydrogens is 766 g/mol. The van der Waals surface area contributed by atoms with Crippen LogP contribution in [-0.4, -0.2) is 86.1 Å². The molecule has 0 spiro atoms. The number of ether oxygens (including phenoxy) is 2. The van der Waals surface area contributed by atoms with Crippen molar-refractivity contribution in [2.24, 2.45) is 0 Å². The first-order valence-electron chi connectivity index (χ1n) is 22.7. The Bertz CT molecular complexity index is 1250. The number of phosphoric ester groups is 1. The Labute approximate surface area is 360 Å². The van der Waals surface area contributed by atoms with Crippen LogP contribution in [0.3, 0.4) is 0 Å². The van der Waals surface area contributed by atoms with Crippen LogP contribution in [0.1, 0.15) is 162 Å². The first-order chi connectivity index (χ1) is 28.4. The number of likely N-dealkylation sites (N-methyl/N-ethyl adjacent to an activating group) is 1. The summed E-state index contributed by atoms with van der Waals surface area (Å²) in [6, 6.07) is 0. The summed E-state index contributed by atoms with van der Waals surface area (Å²) in [6.45, 7) is 4.10. The number of carbonyl (C=O) groups is 2. The lowest BCUT2D eigenvalue weighted by atomic mass is 10.1. The summed E-state index contributed by atoms with van der Waals surface area (Å²) in [5, 5.41) is 9.74. The summed E-state index contributed by atoms with van der Waals surface area (Å²) in [5.74, 6) is -0.899. The number of aliphatic hydroxyl groups excluding tert-OH is 1. The molecule has 0 aliphatic heterocycles. The monoisotopic (exact) mass is 851 g/mol. The second-order valence-electron chi connectivity index (χ2n) is 16.3. The molecule has 0 fully saturated rings. The lowest BCUT2D eigenvalue weighted by Crippen LogP contribution is -2.37. The maximum Gasteiger partial charge on any atom is 0.472 e. The number of quaternary nitrogens is 1. The Hall–Kier alpha value is -2.59. The molecule has 2 N–H and O–H groups in total. The van der Waals surface area contributed by atoms with E-state index >= 15 is 0 Å². The fourth-order valence-electron chi connectivity index (χ4n) is 5.70. The minimum atomic E-state index is -4.40. The molecule has 0 aromatic rings. The fraction of sp³-hybridized carbons (Fsp3) is 0.708. The Morgan fingerprint density at radius 2 is 1.08 bits per heavy atom. The van der Waals surface area contributed by atoms with Crippen LogP contribution < -0.4 is 0 Å². The molecule has 0 amide bonds. The van der Waals surface area contributed by atoms with E-state index in [0.29, 0.717) is 30.3 Å². The van der Waals surface area contributed by atoms with Crippen LogP contribution in [-0.2, 0) is 32.7 Å². The standard InChI is InChI=1S/C48H84NO9P/c1-6-8-9-10-11-12-13-14-15-16-17-20-24-27-30-33-36-40-48(52)58-46(44-57-59(53,54)56-42-41-49(3,4)5)43-55-47(51)39-35-32-29-26-23-21-18-19-22-25-28-31-34-38-45(50)37-7-2/h11-12,14-15,18,21-22,25-26,29,31,34,45-46,50H,6-10,13,16-17,19-20,23-24,27-28,30,32-33,35-44H2,1-5H3/p+1/b12-11-,15-14-,21-18-,25-22-,29-26-,34-31-/t45?,46-/m1/s1. The minimum Gasteiger partial charge on any atom is -0.462 e. The van der Waals surface area contributed by atoms with E-state index in [1.54, 1.807) is 0 Å². The van der Waals surface area contributed by atoms with Gasteiger partial charge >= 0.3 is 19.8 Å². The molecule has 0 rings (SSSR count). The molecule has 59 heavy (non-hydrogen) atoms. The lowest BCUT2D eigenvalue weighted by Gasteiger charge is -2.24. The molecule has 0 aliphatic rings. The highest BCUT2D eigenvalue weighted by Crippen LogP contribution is 2.43. The first kappa shape index (κ1) is 56.4. The molecule has 0 saturated carbocycles. The number of carbonyl (C=O) groups excluding carboxylic acids is 2. The van der Waals surface area contributed by atoms with E-state index in [0.717, 1.165) is 70.6 Å². The third-order valence-electron chi connectivity index (χ3n) is 9.26. The van der Waals surface area contributed by atoms with E-state index in [2.05, 4.69) is 74.6 Å². The zero-order valence-electron chi connectivity index (χ0n) is 37.8. The summed E-state index contributed by atoms with van der Waals surface area (Å²) in [7, 11) is 1.41. The van der Waals surface area contributed by atoms with E-state index < -0.39 is 32.5 Å². The Morgan fingerprint density at radius 1 is 0.593 bits per heavy atom. The van der Waals surface area contributed by atoms with Gasteiger partial charge in [0, 0.05) is 12.8 Å². The van der Waals surface area contributed by atoms with Crippen molar-refractivity contribution < 1.29 is 47.2 Å². The SMILES string of the molecule is CCCCC/C=C\C/C=C\CCCCCCCCCC(=O)O[C@H](COC(=O)CCC/C=C\C/C=C\C/C=C\C/C=C\CC(O)CCC)COP(=O)(O)OCC[N+](C)(C)C. The summed E-state index contributed by atoms with van der Waals surface area (Å²) >= 11 is 0. The number of hydrogen-bond donors (Lipinski definition) is 2. The fourth-order valence-corrected chi connectivity index (χ4v) is 6.44. The Kier molecular flexibility index (Phi) is 37.8. The molecule has 0 radical (unpaired) electrons. The van der Waals surface area contributed by atoms with Crippen molar-refractivity contribution in [1.82, 2.24) is 0 Å². The number of esters is 2. The smallest absolute Gasteiger partial charge is 0.462 e. The Balaban J connectivity index is 4.48. The molecule has 11 heteroatoms. The van der Waals surface area contributed by atoms with Crippen LogP contribution in [0.5, 0.6) is 0 Å². The van der Waals surface area contributed by atoms with Crippen LogP contribution in [0.2, 0.25) is 0 Å². The summed E-state index contributed by atoms with van der Waals surface area (Å²) in [5.41, 5.74) is 0. The second-order valence-corrected chi connectivity index (χ2v) is 17.7. The Morgan fingerprint density at radius 3 is 1.64 bits per heavy atom. The quantitative estimate of drug-likeness (QED) is 0.0203. The molecule has 340 valence electrons. The molecule has 2 unspecified atom stereocenters. The van der Waals surface area contributed by atoms with Crippen molar-refractivity contribution in [3.05, 3.63) is 72.9 Å². The highest BCUT2D eigenvalue weighted by molar-refractivity contribution is 7.47. The molecule has 0 aromatic carbocycles.